The molecule has 0 fully saturated rings. The fourth-order valence-corrected chi connectivity index (χ4v) is 5.25. The standard InChI is InChI=1S/C22H19N3O2S3/c1-2-14-12-16-20(30-14)24-22(28)25(21(16)27)13-19(26)23-17-10-6-7-11-18(17)29-15-8-4-3-5-9-15/h3-12H,2,13H2,1H3,(H,23,26)(H,24,28). The topological polar surface area (TPSA) is 66.9 Å². The Kier molecular flexibility index (Phi) is 6.17. The summed E-state index contributed by atoms with van der Waals surface area (Å²) in [5.74, 6) is -0.303. The van der Waals surface area contributed by atoms with Gasteiger partial charge in [-0.1, -0.05) is 49.0 Å². The molecule has 0 radical (unpaired) electrons. The maximum absolute atomic E-state index is 12.9. The Labute approximate surface area is 186 Å². The lowest BCUT2D eigenvalue weighted by molar-refractivity contribution is -0.116. The Bertz CT molecular complexity index is 1320. The van der Waals surface area contributed by atoms with E-state index in [1.165, 1.54) is 15.9 Å². The Morgan fingerprint density at radius 1 is 1.17 bits per heavy atom. The van der Waals surface area contributed by atoms with Crippen molar-refractivity contribution in [2.24, 2.45) is 0 Å². The molecule has 2 heterocycles. The summed E-state index contributed by atoms with van der Waals surface area (Å²) in [5.41, 5.74) is 0.455. The van der Waals surface area contributed by atoms with Crippen molar-refractivity contribution < 1.29 is 4.79 Å². The van der Waals surface area contributed by atoms with Gasteiger partial charge < -0.3 is 10.3 Å². The van der Waals surface area contributed by atoms with Gasteiger partial charge in [0.25, 0.3) is 5.56 Å². The first kappa shape index (κ1) is 20.6. The third-order valence-electron chi connectivity index (χ3n) is 4.51. The van der Waals surface area contributed by atoms with Crippen LogP contribution in [0.2, 0.25) is 0 Å². The van der Waals surface area contributed by atoms with Crippen LogP contribution in [0.15, 0.2) is 75.2 Å². The minimum Gasteiger partial charge on any atom is -0.323 e. The number of amides is 1. The summed E-state index contributed by atoms with van der Waals surface area (Å²) in [5, 5.41) is 3.49. The van der Waals surface area contributed by atoms with Crippen LogP contribution in [-0.4, -0.2) is 15.5 Å². The Morgan fingerprint density at radius 2 is 1.90 bits per heavy atom. The second-order valence-electron chi connectivity index (χ2n) is 6.59. The lowest BCUT2D eigenvalue weighted by Crippen LogP contribution is -2.28. The third kappa shape index (κ3) is 4.40. The zero-order valence-electron chi connectivity index (χ0n) is 16.2. The SMILES string of the molecule is CCc1cc2c(=O)n(CC(=O)Nc3ccccc3Sc3ccccc3)c(=S)[nH]c2s1. The predicted octanol–water partition coefficient (Wildman–Crippen LogP) is 5.47. The largest absolute Gasteiger partial charge is 0.323 e. The Morgan fingerprint density at radius 3 is 2.67 bits per heavy atom. The number of carbonyl (C=O) groups excluding carboxylic acids is 1. The van der Waals surface area contributed by atoms with Gasteiger partial charge in [0.2, 0.25) is 5.91 Å². The van der Waals surface area contributed by atoms with E-state index in [0.29, 0.717) is 11.1 Å². The van der Waals surface area contributed by atoms with Crippen LogP contribution < -0.4 is 10.9 Å². The van der Waals surface area contributed by atoms with Crippen LogP contribution >= 0.6 is 35.3 Å². The summed E-state index contributed by atoms with van der Waals surface area (Å²) in [6.07, 6.45) is 0.843. The molecule has 1 amide bonds. The molecule has 4 rings (SSSR count). The molecule has 2 N–H and O–H groups in total. The number of benzene rings is 2. The number of anilines is 1. The van der Waals surface area contributed by atoms with Gasteiger partial charge in [0.15, 0.2) is 4.77 Å². The minimum absolute atomic E-state index is 0.147. The van der Waals surface area contributed by atoms with Crippen molar-refractivity contribution in [3.8, 4) is 0 Å². The van der Waals surface area contributed by atoms with E-state index in [9.17, 15) is 9.59 Å². The van der Waals surface area contributed by atoms with Gasteiger partial charge in [-0.05, 0) is 49.0 Å². The van der Waals surface area contributed by atoms with Gasteiger partial charge >= 0.3 is 0 Å². The first-order valence-corrected chi connectivity index (χ1v) is 11.5. The molecule has 30 heavy (non-hydrogen) atoms. The van der Waals surface area contributed by atoms with E-state index >= 15 is 0 Å². The highest BCUT2D eigenvalue weighted by molar-refractivity contribution is 7.99. The molecule has 0 atom stereocenters. The van der Waals surface area contributed by atoms with Gasteiger partial charge in [0, 0.05) is 14.7 Å². The average molecular weight is 454 g/mol. The van der Waals surface area contributed by atoms with Crippen LogP contribution in [0, 0.1) is 4.77 Å². The summed E-state index contributed by atoms with van der Waals surface area (Å²) in [6, 6.07) is 19.4. The van der Waals surface area contributed by atoms with Crippen LogP contribution in [-0.2, 0) is 17.8 Å². The highest BCUT2D eigenvalue weighted by atomic mass is 32.2. The molecular formula is C22H19N3O2S3. The molecule has 152 valence electrons. The first-order chi connectivity index (χ1) is 14.5. The van der Waals surface area contributed by atoms with E-state index in [2.05, 4.69) is 10.3 Å². The number of H-pyrrole nitrogens is 1. The normalized spacial score (nSPS) is 11.0. The maximum atomic E-state index is 12.9. The lowest BCUT2D eigenvalue weighted by atomic mass is 10.3. The van der Waals surface area contributed by atoms with Gasteiger partial charge in [-0.3, -0.25) is 14.2 Å². The van der Waals surface area contributed by atoms with Crippen molar-refractivity contribution in [3.63, 3.8) is 0 Å². The number of para-hydroxylation sites is 1. The molecule has 0 spiro atoms. The van der Waals surface area contributed by atoms with E-state index in [1.54, 1.807) is 11.8 Å². The smallest absolute Gasteiger partial charge is 0.263 e. The number of nitrogens with zero attached hydrogens (tertiary/aromatic N) is 1. The third-order valence-corrected chi connectivity index (χ3v) is 7.11. The number of aromatic nitrogens is 2. The van der Waals surface area contributed by atoms with Crippen molar-refractivity contribution in [1.82, 2.24) is 9.55 Å². The number of thiophene rings is 1. The minimum atomic E-state index is -0.303. The monoisotopic (exact) mass is 453 g/mol. The molecule has 4 aromatic rings. The molecule has 8 heteroatoms. The number of fused-ring (bicyclic) bond motifs is 1. The molecule has 0 aliphatic rings. The molecule has 0 bridgehead atoms. The highest BCUT2D eigenvalue weighted by Gasteiger charge is 2.13. The number of aryl methyl sites for hydroxylation is 1. The summed E-state index contributed by atoms with van der Waals surface area (Å²) in [4.78, 5) is 32.6. The molecule has 0 aliphatic carbocycles. The van der Waals surface area contributed by atoms with E-state index in [0.717, 1.165) is 25.9 Å². The van der Waals surface area contributed by atoms with Crippen molar-refractivity contribution in [3.05, 3.63) is 80.7 Å². The van der Waals surface area contributed by atoms with Crippen molar-refractivity contribution >= 4 is 57.1 Å². The quantitative estimate of drug-likeness (QED) is 0.380. The Hall–Kier alpha value is -2.68. The number of nitrogens with one attached hydrogen (secondary N) is 2. The number of hydrogen-bond acceptors (Lipinski definition) is 5. The summed E-state index contributed by atoms with van der Waals surface area (Å²) in [7, 11) is 0. The molecule has 0 saturated carbocycles. The molecule has 0 saturated heterocycles. The second kappa shape index (κ2) is 8.99. The molecule has 0 unspecified atom stereocenters. The highest BCUT2D eigenvalue weighted by Crippen LogP contribution is 2.33. The van der Waals surface area contributed by atoms with Gasteiger partial charge in [-0.15, -0.1) is 11.3 Å². The van der Waals surface area contributed by atoms with Crippen molar-refractivity contribution in [2.45, 2.75) is 29.7 Å². The van der Waals surface area contributed by atoms with Crippen LogP contribution in [0.25, 0.3) is 10.2 Å². The number of aromatic amines is 1. The molecule has 0 aliphatic heterocycles. The first-order valence-electron chi connectivity index (χ1n) is 9.42. The summed E-state index contributed by atoms with van der Waals surface area (Å²) < 4.78 is 1.56. The zero-order chi connectivity index (χ0) is 21.1. The lowest BCUT2D eigenvalue weighted by Gasteiger charge is -2.12. The van der Waals surface area contributed by atoms with Gasteiger partial charge in [-0.2, -0.15) is 0 Å². The van der Waals surface area contributed by atoms with Gasteiger partial charge in [0.05, 0.1) is 11.1 Å². The van der Waals surface area contributed by atoms with Crippen molar-refractivity contribution in [2.75, 3.05) is 5.32 Å². The van der Waals surface area contributed by atoms with E-state index < -0.39 is 0 Å². The van der Waals surface area contributed by atoms with E-state index in [4.69, 9.17) is 12.2 Å². The van der Waals surface area contributed by atoms with E-state index in [-0.39, 0.29) is 22.8 Å². The van der Waals surface area contributed by atoms with Crippen LogP contribution in [0.4, 0.5) is 5.69 Å². The predicted molar refractivity (Wildman–Crippen MR) is 126 cm³/mol. The average Bonchev–Trinajstić information content (AvgIpc) is 3.16. The number of rotatable bonds is 6. The fraction of sp³-hybridized carbons (Fsp3) is 0.136. The fourth-order valence-electron chi connectivity index (χ4n) is 3.02. The summed E-state index contributed by atoms with van der Waals surface area (Å²) in [6.45, 7) is 1.89. The molecule has 5 nitrogen and oxygen atoms in total. The van der Waals surface area contributed by atoms with Crippen LogP contribution in [0.5, 0.6) is 0 Å². The van der Waals surface area contributed by atoms with Crippen LogP contribution in [0.3, 0.4) is 0 Å². The van der Waals surface area contributed by atoms with E-state index in [1.807, 2.05) is 67.6 Å². The molecule has 2 aromatic carbocycles. The zero-order valence-corrected chi connectivity index (χ0v) is 18.6. The van der Waals surface area contributed by atoms with Gasteiger partial charge in [-0.25, -0.2) is 0 Å². The summed E-state index contributed by atoms with van der Waals surface area (Å²) >= 11 is 8.43. The number of hydrogen-bond donors (Lipinski definition) is 2. The van der Waals surface area contributed by atoms with Gasteiger partial charge in [0.1, 0.15) is 11.4 Å². The number of carbonyl (C=O) groups is 1. The van der Waals surface area contributed by atoms with Crippen molar-refractivity contribution in [1.29, 1.82) is 0 Å². The molecular weight excluding hydrogens is 434 g/mol. The Balaban J connectivity index is 1.58. The molecule has 2 aromatic heterocycles. The van der Waals surface area contributed by atoms with Crippen LogP contribution in [0.1, 0.15) is 11.8 Å². The maximum Gasteiger partial charge on any atom is 0.263 e. The second-order valence-corrected chi connectivity index (χ2v) is 9.23.